The van der Waals surface area contributed by atoms with Gasteiger partial charge in [0.25, 0.3) is 10.0 Å². The Labute approximate surface area is 179 Å². The molecule has 0 bridgehead atoms. The van der Waals surface area contributed by atoms with Crippen molar-refractivity contribution in [2.24, 2.45) is 0 Å². The first-order chi connectivity index (χ1) is 14.7. The molecule has 0 fully saturated rings. The maximum Gasteiger partial charge on any atom is 0.341 e. The van der Waals surface area contributed by atoms with E-state index in [1.807, 2.05) is 12.1 Å². The Hall–Kier alpha value is -3.66. The Kier molecular flexibility index (Phi) is 6.40. The number of anilines is 1. The number of carbonyl (C=O) groups excluding carboxylic acids is 2. The van der Waals surface area contributed by atoms with Crippen LogP contribution in [-0.2, 0) is 24.3 Å². The minimum atomic E-state index is -3.98. The minimum Gasteiger partial charge on any atom is -0.497 e. The van der Waals surface area contributed by atoms with E-state index in [1.165, 1.54) is 38.3 Å². The second kappa shape index (κ2) is 9.00. The van der Waals surface area contributed by atoms with E-state index in [-0.39, 0.29) is 16.1 Å². The molecule has 0 amide bonds. The molecule has 162 valence electrons. The number of benzene rings is 2. The molecule has 0 saturated carbocycles. The van der Waals surface area contributed by atoms with Crippen molar-refractivity contribution in [3.05, 3.63) is 59.8 Å². The van der Waals surface area contributed by atoms with Crippen LogP contribution in [0.4, 0.5) is 5.69 Å². The highest BCUT2D eigenvalue weighted by atomic mass is 32.2. The van der Waals surface area contributed by atoms with Crippen LogP contribution in [0.2, 0.25) is 0 Å². The van der Waals surface area contributed by atoms with E-state index in [1.54, 1.807) is 19.1 Å². The summed E-state index contributed by atoms with van der Waals surface area (Å²) < 4.78 is 42.9. The van der Waals surface area contributed by atoms with Crippen LogP contribution in [0.25, 0.3) is 10.9 Å². The van der Waals surface area contributed by atoms with Gasteiger partial charge in [0.05, 0.1) is 28.8 Å². The highest BCUT2D eigenvalue weighted by Gasteiger charge is 2.18. The topological polar surface area (TPSA) is 121 Å². The number of aryl methyl sites for hydroxylation is 1. The predicted octanol–water partition coefficient (Wildman–Crippen LogP) is 3.03. The molecule has 9 nitrogen and oxygen atoms in total. The number of hydrogen-bond donors (Lipinski definition) is 1. The lowest BCUT2D eigenvalue weighted by Crippen LogP contribution is -2.14. The molecule has 0 saturated heterocycles. The van der Waals surface area contributed by atoms with Gasteiger partial charge in [-0.05, 0) is 43.3 Å². The molecule has 1 N–H and O–H groups in total. The molecule has 0 atom stereocenters. The summed E-state index contributed by atoms with van der Waals surface area (Å²) in [4.78, 5) is 27.0. The molecular weight excluding hydrogens is 424 g/mol. The van der Waals surface area contributed by atoms with Crippen LogP contribution in [0.5, 0.6) is 5.75 Å². The minimum absolute atomic E-state index is 0.0624. The van der Waals surface area contributed by atoms with Crippen LogP contribution in [-0.4, -0.2) is 39.2 Å². The lowest BCUT2D eigenvalue weighted by Gasteiger charge is -2.13. The molecular formula is C21H20N2O7S. The molecule has 3 rings (SSSR count). The average molecular weight is 444 g/mol. The summed E-state index contributed by atoms with van der Waals surface area (Å²) in [6.07, 6.45) is 0. The molecule has 0 spiro atoms. The molecule has 1 heterocycles. The molecule has 0 aliphatic rings. The molecule has 2 aromatic carbocycles. The summed E-state index contributed by atoms with van der Waals surface area (Å²) in [6, 6.07) is 12.1. The van der Waals surface area contributed by atoms with E-state index in [0.29, 0.717) is 16.7 Å². The maximum atomic E-state index is 12.9. The van der Waals surface area contributed by atoms with Crippen molar-refractivity contribution in [2.45, 2.75) is 18.7 Å². The second-order valence-electron chi connectivity index (χ2n) is 6.51. The number of rotatable bonds is 7. The Morgan fingerprint density at radius 2 is 1.74 bits per heavy atom. The summed E-state index contributed by atoms with van der Waals surface area (Å²) in [7, 11) is -2.49. The number of esters is 2. The fourth-order valence-corrected chi connectivity index (χ4v) is 3.78. The van der Waals surface area contributed by atoms with Gasteiger partial charge in [-0.25, -0.2) is 13.2 Å². The number of hydrogen-bond acceptors (Lipinski definition) is 8. The van der Waals surface area contributed by atoms with Crippen molar-refractivity contribution < 1.29 is 32.2 Å². The number of sulfonamides is 1. The zero-order valence-corrected chi connectivity index (χ0v) is 17.9. The first kappa shape index (κ1) is 22.0. The highest BCUT2D eigenvalue weighted by molar-refractivity contribution is 7.92. The Morgan fingerprint density at radius 3 is 2.39 bits per heavy atom. The zero-order valence-electron chi connectivity index (χ0n) is 17.0. The Morgan fingerprint density at radius 1 is 1.03 bits per heavy atom. The second-order valence-corrected chi connectivity index (χ2v) is 8.20. The third-order valence-electron chi connectivity index (χ3n) is 4.24. The highest BCUT2D eigenvalue weighted by Crippen LogP contribution is 2.30. The van der Waals surface area contributed by atoms with Gasteiger partial charge in [0.2, 0.25) is 6.79 Å². The lowest BCUT2D eigenvalue weighted by atomic mass is 10.1. The normalized spacial score (nSPS) is 11.1. The van der Waals surface area contributed by atoms with Crippen molar-refractivity contribution >= 4 is 38.6 Å². The standard InChI is InChI=1S/C21H20N2O7S/c1-13-4-5-16-10-17(28-3)11-19(20(16)22-13)23-31(26,27)18-8-6-15(7-9-18)21(25)30-12-29-14(2)24/h4-11,23H,12H2,1-3H3. The van der Waals surface area contributed by atoms with E-state index in [4.69, 9.17) is 9.47 Å². The average Bonchev–Trinajstić information content (AvgIpc) is 2.73. The number of nitrogens with one attached hydrogen (secondary N) is 1. The molecule has 0 radical (unpaired) electrons. The van der Waals surface area contributed by atoms with Gasteiger partial charge in [-0.2, -0.15) is 0 Å². The number of ether oxygens (including phenoxy) is 3. The number of fused-ring (bicyclic) bond motifs is 1. The summed E-state index contributed by atoms with van der Waals surface area (Å²) in [5.41, 5.74) is 1.59. The first-order valence-corrected chi connectivity index (χ1v) is 10.6. The van der Waals surface area contributed by atoms with Gasteiger partial charge in [0.1, 0.15) is 5.75 Å². The molecule has 31 heavy (non-hydrogen) atoms. The molecule has 0 aliphatic carbocycles. The fourth-order valence-electron chi connectivity index (χ4n) is 2.72. The van der Waals surface area contributed by atoms with Gasteiger partial charge in [-0.1, -0.05) is 6.07 Å². The van der Waals surface area contributed by atoms with Gasteiger partial charge >= 0.3 is 11.9 Å². The summed E-state index contributed by atoms with van der Waals surface area (Å²) in [5, 5.41) is 0.716. The zero-order chi connectivity index (χ0) is 22.6. The number of nitrogens with zero attached hydrogens (tertiary/aromatic N) is 1. The summed E-state index contributed by atoms with van der Waals surface area (Å²) in [6.45, 7) is 2.47. The van der Waals surface area contributed by atoms with Crippen LogP contribution in [0.1, 0.15) is 23.0 Å². The van der Waals surface area contributed by atoms with Gasteiger partial charge in [0.15, 0.2) is 0 Å². The van der Waals surface area contributed by atoms with E-state index < -0.39 is 28.8 Å². The van der Waals surface area contributed by atoms with E-state index in [0.717, 1.165) is 5.69 Å². The monoisotopic (exact) mass is 444 g/mol. The van der Waals surface area contributed by atoms with Gasteiger partial charge < -0.3 is 14.2 Å². The third-order valence-corrected chi connectivity index (χ3v) is 5.62. The van der Waals surface area contributed by atoms with Crippen molar-refractivity contribution in [3.63, 3.8) is 0 Å². The lowest BCUT2D eigenvalue weighted by molar-refractivity contribution is -0.149. The molecule has 10 heteroatoms. The fraction of sp³-hybridized carbons (Fsp3) is 0.190. The first-order valence-electron chi connectivity index (χ1n) is 9.08. The number of pyridine rings is 1. The van der Waals surface area contributed by atoms with Crippen LogP contribution in [0.15, 0.2) is 53.4 Å². The Bertz CT molecular complexity index is 1240. The van der Waals surface area contributed by atoms with Crippen LogP contribution in [0.3, 0.4) is 0 Å². The van der Waals surface area contributed by atoms with Gasteiger partial charge in [-0.3, -0.25) is 14.5 Å². The predicted molar refractivity (Wildman–Crippen MR) is 112 cm³/mol. The van der Waals surface area contributed by atoms with Crippen LogP contribution >= 0.6 is 0 Å². The van der Waals surface area contributed by atoms with Crippen molar-refractivity contribution in [1.29, 1.82) is 0 Å². The van der Waals surface area contributed by atoms with Gasteiger partial charge in [0, 0.05) is 24.1 Å². The van der Waals surface area contributed by atoms with E-state index in [9.17, 15) is 18.0 Å². The van der Waals surface area contributed by atoms with E-state index >= 15 is 0 Å². The smallest absolute Gasteiger partial charge is 0.341 e. The third kappa shape index (κ3) is 5.28. The molecule has 3 aromatic rings. The van der Waals surface area contributed by atoms with Gasteiger partial charge in [-0.15, -0.1) is 0 Å². The van der Waals surface area contributed by atoms with Crippen molar-refractivity contribution in [2.75, 3.05) is 18.6 Å². The SMILES string of the molecule is COc1cc(NS(=O)(=O)c2ccc(C(=O)OCOC(C)=O)cc2)c2nc(C)ccc2c1. The molecule has 0 unspecified atom stereocenters. The quantitative estimate of drug-likeness (QED) is 0.436. The number of carbonyl (C=O) groups is 2. The summed E-state index contributed by atoms with van der Waals surface area (Å²) >= 11 is 0. The number of aromatic nitrogens is 1. The molecule has 0 aliphatic heterocycles. The van der Waals surface area contributed by atoms with Crippen molar-refractivity contribution in [1.82, 2.24) is 4.98 Å². The largest absolute Gasteiger partial charge is 0.497 e. The van der Waals surface area contributed by atoms with Crippen LogP contribution < -0.4 is 9.46 Å². The van der Waals surface area contributed by atoms with Crippen molar-refractivity contribution in [3.8, 4) is 5.75 Å². The summed E-state index contributed by atoms with van der Waals surface area (Å²) in [5.74, 6) is -0.867. The Balaban J connectivity index is 1.85. The van der Waals surface area contributed by atoms with E-state index in [2.05, 4.69) is 14.4 Å². The van der Waals surface area contributed by atoms with Crippen LogP contribution in [0, 0.1) is 6.92 Å². The maximum absolute atomic E-state index is 12.9. The number of methoxy groups -OCH3 is 1. The molecule has 1 aromatic heterocycles.